The van der Waals surface area contributed by atoms with Gasteiger partial charge >= 0.3 is 5.97 Å². The first-order chi connectivity index (χ1) is 8.38. The maximum atomic E-state index is 12.0. The second kappa shape index (κ2) is 5.71. The number of nitrogens with zero attached hydrogens (tertiary/aromatic N) is 1. The van der Waals surface area contributed by atoms with E-state index in [-0.39, 0.29) is 11.8 Å². The smallest absolute Gasteiger partial charge is 0.326 e. The van der Waals surface area contributed by atoms with E-state index in [0.717, 1.165) is 5.69 Å². The zero-order valence-electron chi connectivity index (χ0n) is 11.2. The number of carbonyl (C=O) groups excluding carboxylic acids is 1. The predicted octanol–water partition coefficient (Wildman–Crippen LogP) is 1.56. The number of carbonyl (C=O) groups is 2. The van der Waals surface area contributed by atoms with Gasteiger partial charge in [0.05, 0.1) is 0 Å². The summed E-state index contributed by atoms with van der Waals surface area (Å²) in [4.78, 5) is 23.2. The van der Waals surface area contributed by atoms with Gasteiger partial charge in [0.2, 0.25) is 0 Å². The van der Waals surface area contributed by atoms with Gasteiger partial charge in [0.25, 0.3) is 5.91 Å². The normalized spacial score (nSPS) is 14.0. The van der Waals surface area contributed by atoms with Gasteiger partial charge in [0.1, 0.15) is 11.7 Å². The van der Waals surface area contributed by atoms with Crippen LogP contribution >= 0.6 is 0 Å². The Labute approximate surface area is 107 Å². The lowest BCUT2D eigenvalue weighted by atomic mass is 9.99. The SMILES string of the molecule is CC[C@H](C)[C@H](NC(=O)c1ccc(C)n1C)C(=O)O. The number of hydrogen-bond acceptors (Lipinski definition) is 2. The highest BCUT2D eigenvalue weighted by Gasteiger charge is 2.26. The molecule has 5 nitrogen and oxygen atoms in total. The van der Waals surface area contributed by atoms with Crippen LogP contribution in [-0.2, 0) is 11.8 Å². The van der Waals surface area contributed by atoms with Gasteiger partial charge in [-0.05, 0) is 25.0 Å². The van der Waals surface area contributed by atoms with Crippen molar-refractivity contribution < 1.29 is 14.7 Å². The molecule has 0 saturated heterocycles. The van der Waals surface area contributed by atoms with Crippen LogP contribution in [0.2, 0.25) is 0 Å². The fraction of sp³-hybridized carbons (Fsp3) is 0.538. The third-order valence-electron chi connectivity index (χ3n) is 3.37. The molecule has 0 aliphatic carbocycles. The van der Waals surface area contributed by atoms with E-state index in [2.05, 4.69) is 5.32 Å². The fourth-order valence-corrected chi connectivity index (χ4v) is 1.74. The Balaban J connectivity index is 2.85. The topological polar surface area (TPSA) is 71.3 Å². The monoisotopic (exact) mass is 252 g/mol. The number of nitrogens with one attached hydrogen (secondary N) is 1. The first-order valence-corrected chi connectivity index (χ1v) is 6.04. The molecule has 0 radical (unpaired) electrons. The van der Waals surface area contributed by atoms with Crippen LogP contribution in [-0.4, -0.2) is 27.6 Å². The number of rotatable bonds is 5. The maximum absolute atomic E-state index is 12.0. The third kappa shape index (κ3) is 2.91. The minimum absolute atomic E-state index is 0.104. The Kier molecular flexibility index (Phi) is 4.53. The molecule has 0 unspecified atom stereocenters. The average molecular weight is 252 g/mol. The second-order valence-electron chi connectivity index (χ2n) is 4.59. The Morgan fingerprint density at radius 1 is 1.44 bits per heavy atom. The van der Waals surface area contributed by atoms with E-state index in [4.69, 9.17) is 5.11 Å². The molecule has 1 amide bonds. The first-order valence-electron chi connectivity index (χ1n) is 6.04. The number of amides is 1. The van der Waals surface area contributed by atoms with Crippen LogP contribution in [0.4, 0.5) is 0 Å². The van der Waals surface area contributed by atoms with Crippen LogP contribution in [0.15, 0.2) is 12.1 Å². The van der Waals surface area contributed by atoms with Gasteiger partial charge in [-0.25, -0.2) is 4.79 Å². The van der Waals surface area contributed by atoms with Gasteiger partial charge in [0, 0.05) is 12.7 Å². The number of aliphatic carboxylic acids is 1. The molecule has 1 rings (SSSR count). The highest BCUT2D eigenvalue weighted by Crippen LogP contribution is 2.11. The summed E-state index contributed by atoms with van der Waals surface area (Å²) in [5, 5.41) is 11.7. The third-order valence-corrected chi connectivity index (χ3v) is 3.37. The van der Waals surface area contributed by atoms with E-state index in [0.29, 0.717) is 12.1 Å². The molecule has 2 atom stereocenters. The minimum Gasteiger partial charge on any atom is -0.480 e. The molecule has 100 valence electrons. The van der Waals surface area contributed by atoms with Gasteiger partial charge in [-0.1, -0.05) is 20.3 Å². The van der Waals surface area contributed by atoms with E-state index < -0.39 is 12.0 Å². The van der Waals surface area contributed by atoms with Crippen LogP contribution < -0.4 is 5.32 Å². The Hall–Kier alpha value is -1.78. The van der Waals surface area contributed by atoms with Crippen molar-refractivity contribution in [3.63, 3.8) is 0 Å². The largest absolute Gasteiger partial charge is 0.480 e. The molecule has 1 heterocycles. The van der Waals surface area contributed by atoms with Gasteiger partial charge in [-0.2, -0.15) is 0 Å². The van der Waals surface area contributed by atoms with E-state index in [1.807, 2.05) is 26.8 Å². The lowest BCUT2D eigenvalue weighted by Gasteiger charge is -2.20. The molecular formula is C13H20N2O3. The van der Waals surface area contributed by atoms with Gasteiger partial charge in [-0.3, -0.25) is 4.79 Å². The molecule has 1 aromatic heterocycles. The highest BCUT2D eigenvalue weighted by atomic mass is 16.4. The number of hydrogen-bond donors (Lipinski definition) is 2. The molecule has 0 spiro atoms. The van der Waals surface area contributed by atoms with Crippen molar-refractivity contribution >= 4 is 11.9 Å². The highest BCUT2D eigenvalue weighted by molar-refractivity contribution is 5.95. The quantitative estimate of drug-likeness (QED) is 0.835. The molecule has 0 fully saturated rings. The van der Waals surface area contributed by atoms with Crippen molar-refractivity contribution in [3.8, 4) is 0 Å². The number of aryl methyl sites for hydroxylation is 1. The lowest BCUT2D eigenvalue weighted by molar-refractivity contribution is -0.140. The molecule has 0 bridgehead atoms. The van der Waals surface area contributed by atoms with Crippen LogP contribution in [0.25, 0.3) is 0 Å². The number of aromatic nitrogens is 1. The Bertz CT molecular complexity index is 451. The summed E-state index contributed by atoms with van der Waals surface area (Å²) in [5.41, 5.74) is 1.43. The Morgan fingerprint density at radius 3 is 2.44 bits per heavy atom. The summed E-state index contributed by atoms with van der Waals surface area (Å²) >= 11 is 0. The summed E-state index contributed by atoms with van der Waals surface area (Å²) in [5.74, 6) is -1.45. The molecule has 0 aliphatic rings. The summed E-state index contributed by atoms with van der Waals surface area (Å²) < 4.78 is 1.74. The molecule has 18 heavy (non-hydrogen) atoms. The van der Waals surface area contributed by atoms with E-state index >= 15 is 0 Å². The maximum Gasteiger partial charge on any atom is 0.326 e. The minimum atomic E-state index is -0.997. The van der Waals surface area contributed by atoms with E-state index in [9.17, 15) is 9.59 Å². The molecule has 2 N–H and O–H groups in total. The van der Waals surface area contributed by atoms with Crippen molar-refractivity contribution in [2.45, 2.75) is 33.2 Å². The predicted molar refractivity (Wildman–Crippen MR) is 68.5 cm³/mol. The van der Waals surface area contributed by atoms with Crippen LogP contribution in [0.5, 0.6) is 0 Å². The molecule has 0 saturated carbocycles. The zero-order valence-corrected chi connectivity index (χ0v) is 11.2. The van der Waals surface area contributed by atoms with Crippen molar-refractivity contribution in [1.82, 2.24) is 9.88 Å². The van der Waals surface area contributed by atoms with Crippen molar-refractivity contribution in [2.75, 3.05) is 0 Å². The van der Waals surface area contributed by atoms with E-state index in [1.54, 1.807) is 17.7 Å². The van der Waals surface area contributed by atoms with Crippen LogP contribution in [0, 0.1) is 12.8 Å². The van der Waals surface area contributed by atoms with E-state index in [1.165, 1.54) is 0 Å². The summed E-state index contributed by atoms with van der Waals surface area (Å²) in [6, 6.07) is 2.67. The summed E-state index contributed by atoms with van der Waals surface area (Å²) in [6.07, 6.45) is 0.698. The van der Waals surface area contributed by atoms with Crippen LogP contribution in [0.1, 0.15) is 36.5 Å². The number of carboxylic acid groups (broad SMARTS) is 1. The first kappa shape index (κ1) is 14.3. The molecule has 0 aromatic carbocycles. The lowest BCUT2D eigenvalue weighted by Crippen LogP contribution is -2.45. The molecule has 1 aromatic rings. The Morgan fingerprint density at radius 2 is 2.06 bits per heavy atom. The van der Waals surface area contributed by atoms with Crippen molar-refractivity contribution in [2.24, 2.45) is 13.0 Å². The summed E-state index contributed by atoms with van der Waals surface area (Å²) in [6.45, 7) is 5.61. The molecular weight excluding hydrogens is 232 g/mol. The average Bonchev–Trinajstić information content (AvgIpc) is 2.65. The van der Waals surface area contributed by atoms with Crippen molar-refractivity contribution in [3.05, 3.63) is 23.5 Å². The summed E-state index contributed by atoms with van der Waals surface area (Å²) in [7, 11) is 1.78. The second-order valence-corrected chi connectivity index (χ2v) is 4.59. The molecule has 0 aliphatic heterocycles. The van der Waals surface area contributed by atoms with Gasteiger partial charge in [0.15, 0.2) is 0 Å². The standard InChI is InChI=1S/C13H20N2O3/c1-5-8(2)11(13(17)18)14-12(16)10-7-6-9(3)15(10)4/h6-8,11H,5H2,1-4H3,(H,14,16)(H,17,18)/t8-,11-/m0/s1. The zero-order chi connectivity index (χ0) is 13.9. The van der Waals surface area contributed by atoms with Crippen molar-refractivity contribution in [1.29, 1.82) is 0 Å². The number of carboxylic acids is 1. The fourth-order valence-electron chi connectivity index (χ4n) is 1.74. The molecule has 5 heteroatoms. The van der Waals surface area contributed by atoms with Crippen LogP contribution in [0.3, 0.4) is 0 Å². The van der Waals surface area contributed by atoms with Gasteiger partial charge in [-0.15, -0.1) is 0 Å². The van der Waals surface area contributed by atoms with Gasteiger partial charge < -0.3 is 15.0 Å².